The topological polar surface area (TPSA) is 97.3 Å². The first-order valence-corrected chi connectivity index (χ1v) is 8.33. The first kappa shape index (κ1) is 18.0. The van der Waals surface area contributed by atoms with Crippen LogP contribution in [0.2, 0.25) is 0 Å². The molecule has 2 aromatic heterocycles. The highest BCUT2D eigenvalue weighted by Gasteiger charge is 2.33. The van der Waals surface area contributed by atoms with E-state index in [1.807, 2.05) is 0 Å². The summed E-state index contributed by atoms with van der Waals surface area (Å²) in [5.41, 5.74) is 1.08. The van der Waals surface area contributed by atoms with Crippen LogP contribution in [0.1, 0.15) is 24.1 Å². The van der Waals surface area contributed by atoms with E-state index >= 15 is 0 Å². The molecule has 1 atom stereocenters. The molecule has 3 heterocycles. The van der Waals surface area contributed by atoms with Gasteiger partial charge in [-0.15, -0.1) is 0 Å². The van der Waals surface area contributed by atoms with Gasteiger partial charge in [0.1, 0.15) is 0 Å². The minimum atomic E-state index is -1.60. The van der Waals surface area contributed by atoms with Crippen LogP contribution in [0.25, 0.3) is 11.6 Å². The van der Waals surface area contributed by atoms with Crippen LogP contribution in [-0.4, -0.2) is 32.3 Å². The number of urea groups is 1. The lowest BCUT2D eigenvalue weighted by molar-refractivity contribution is 0.182. The molecule has 1 N–H and O–H groups in total. The molecule has 1 aromatic carbocycles. The number of hydrogen-bond acceptors (Lipinski definition) is 6. The van der Waals surface area contributed by atoms with Crippen LogP contribution in [0, 0.1) is 24.4 Å². The molecule has 1 unspecified atom stereocenters. The van der Waals surface area contributed by atoms with Crippen molar-refractivity contribution in [2.75, 3.05) is 5.32 Å². The van der Waals surface area contributed by atoms with E-state index in [1.54, 1.807) is 13.8 Å². The molecule has 2 amide bonds. The molecule has 8 nitrogen and oxygen atoms in total. The van der Waals surface area contributed by atoms with Crippen molar-refractivity contribution < 1.29 is 27.0 Å². The van der Waals surface area contributed by atoms with Crippen LogP contribution in [0.5, 0.6) is 0 Å². The summed E-state index contributed by atoms with van der Waals surface area (Å²) in [6, 6.07) is 0.541. The minimum Gasteiger partial charge on any atom is -0.352 e. The van der Waals surface area contributed by atoms with Crippen molar-refractivity contribution in [2.24, 2.45) is 0 Å². The molecule has 28 heavy (non-hydrogen) atoms. The summed E-state index contributed by atoms with van der Waals surface area (Å²) in [5.74, 6) is -3.53. The van der Waals surface area contributed by atoms with E-state index in [1.165, 1.54) is 4.90 Å². The van der Waals surface area contributed by atoms with Crippen LogP contribution >= 0.6 is 0 Å². The van der Waals surface area contributed by atoms with Crippen LogP contribution < -0.4 is 5.32 Å². The van der Waals surface area contributed by atoms with E-state index in [4.69, 9.17) is 9.05 Å². The molecule has 0 saturated heterocycles. The van der Waals surface area contributed by atoms with Crippen molar-refractivity contribution in [3.63, 3.8) is 0 Å². The monoisotopic (exact) mass is 393 g/mol. The highest BCUT2D eigenvalue weighted by molar-refractivity contribution is 5.89. The Balaban J connectivity index is 1.58. The molecule has 0 spiro atoms. The highest BCUT2D eigenvalue weighted by atomic mass is 19.2. The van der Waals surface area contributed by atoms with Gasteiger partial charge < -0.3 is 19.3 Å². The van der Waals surface area contributed by atoms with Gasteiger partial charge in [0.05, 0.1) is 12.2 Å². The lowest BCUT2D eigenvalue weighted by Crippen LogP contribution is -2.44. The number of aromatic nitrogens is 3. The predicted molar refractivity (Wildman–Crippen MR) is 88.6 cm³/mol. The number of anilines is 1. The molecule has 146 valence electrons. The summed E-state index contributed by atoms with van der Waals surface area (Å²) in [6.45, 7) is 3.53. The molecule has 0 bridgehead atoms. The molecular weight excluding hydrogens is 379 g/mol. The number of hydrogen-bond donors (Lipinski definition) is 1. The van der Waals surface area contributed by atoms with Gasteiger partial charge >= 0.3 is 6.03 Å². The average Bonchev–Trinajstić information content (AvgIpc) is 3.24. The fourth-order valence-electron chi connectivity index (χ4n) is 3.04. The Labute approximate surface area is 156 Å². The number of carbonyl (C=O) groups excluding carboxylic acids is 1. The van der Waals surface area contributed by atoms with Crippen molar-refractivity contribution in [3.05, 3.63) is 46.7 Å². The van der Waals surface area contributed by atoms with Crippen molar-refractivity contribution in [2.45, 2.75) is 32.9 Å². The SMILES string of the molecule is Cc1nc(-c2onc3c2CN(C(=O)Nc2cc(F)c(F)c(F)c2)C(C)C3)no1. The van der Waals surface area contributed by atoms with Crippen molar-refractivity contribution in [1.29, 1.82) is 0 Å². The maximum Gasteiger partial charge on any atom is 0.322 e. The standard InChI is InChI=1S/C17H14F3N5O3/c1-7-3-13-10(15(28-23-13)16-21-8(2)27-24-16)6-25(7)17(26)22-9-4-11(18)14(20)12(19)5-9/h4-5,7H,3,6H2,1-2H3,(H,22,26). The number of nitrogens with zero attached hydrogens (tertiary/aromatic N) is 4. The van der Waals surface area contributed by atoms with Gasteiger partial charge in [0.25, 0.3) is 0 Å². The largest absolute Gasteiger partial charge is 0.352 e. The van der Waals surface area contributed by atoms with Gasteiger partial charge in [0.15, 0.2) is 17.5 Å². The van der Waals surface area contributed by atoms with E-state index in [0.29, 0.717) is 35.7 Å². The Kier molecular flexibility index (Phi) is 4.28. The van der Waals surface area contributed by atoms with Crippen molar-refractivity contribution >= 4 is 11.7 Å². The smallest absolute Gasteiger partial charge is 0.322 e. The van der Waals surface area contributed by atoms with E-state index in [-0.39, 0.29) is 29.9 Å². The van der Waals surface area contributed by atoms with Crippen LogP contribution in [0.15, 0.2) is 21.2 Å². The fraction of sp³-hybridized carbons (Fsp3) is 0.294. The van der Waals surface area contributed by atoms with Crippen LogP contribution in [0.3, 0.4) is 0 Å². The average molecular weight is 393 g/mol. The molecule has 0 fully saturated rings. The number of halogens is 3. The highest BCUT2D eigenvalue weighted by Crippen LogP contribution is 2.31. The zero-order valence-corrected chi connectivity index (χ0v) is 14.8. The maximum absolute atomic E-state index is 13.4. The van der Waals surface area contributed by atoms with Gasteiger partial charge in [-0.1, -0.05) is 10.3 Å². The number of rotatable bonds is 2. The third-order valence-electron chi connectivity index (χ3n) is 4.45. The van der Waals surface area contributed by atoms with E-state index in [0.717, 1.165) is 0 Å². The number of amides is 2. The van der Waals surface area contributed by atoms with Crippen LogP contribution in [0.4, 0.5) is 23.7 Å². The number of fused-ring (bicyclic) bond motifs is 1. The first-order valence-electron chi connectivity index (χ1n) is 8.33. The van der Waals surface area contributed by atoms with Gasteiger partial charge in [0.2, 0.25) is 17.5 Å². The molecular formula is C17H14F3N5O3. The third kappa shape index (κ3) is 3.08. The maximum atomic E-state index is 13.4. The second-order valence-electron chi connectivity index (χ2n) is 6.44. The second kappa shape index (κ2) is 6.66. The van der Waals surface area contributed by atoms with Crippen molar-refractivity contribution in [3.8, 4) is 11.6 Å². The summed E-state index contributed by atoms with van der Waals surface area (Å²) in [4.78, 5) is 18.2. The Morgan fingerprint density at radius 1 is 1.21 bits per heavy atom. The normalized spacial score (nSPS) is 16.2. The molecule has 0 saturated carbocycles. The quantitative estimate of drug-likeness (QED) is 0.670. The molecule has 0 aliphatic carbocycles. The van der Waals surface area contributed by atoms with E-state index in [2.05, 4.69) is 20.6 Å². The Morgan fingerprint density at radius 2 is 1.93 bits per heavy atom. The number of carbonyl (C=O) groups is 1. The lowest BCUT2D eigenvalue weighted by atomic mass is 10.00. The van der Waals surface area contributed by atoms with Gasteiger partial charge in [-0.2, -0.15) is 4.98 Å². The number of benzene rings is 1. The van der Waals surface area contributed by atoms with Crippen LogP contribution in [-0.2, 0) is 13.0 Å². The zero-order valence-electron chi connectivity index (χ0n) is 14.8. The molecule has 0 radical (unpaired) electrons. The van der Waals surface area contributed by atoms with E-state index < -0.39 is 23.5 Å². The lowest BCUT2D eigenvalue weighted by Gasteiger charge is -2.32. The summed E-state index contributed by atoms with van der Waals surface area (Å²) in [5, 5.41) is 10.2. The Morgan fingerprint density at radius 3 is 2.57 bits per heavy atom. The van der Waals surface area contributed by atoms with Gasteiger partial charge in [-0.05, 0) is 6.92 Å². The molecule has 4 rings (SSSR count). The van der Waals surface area contributed by atoms with Gasteiger partial charge in [-0.25, -0.2) is 18.0 Å². The fourth-order valence-corrected chi connectivity index (χ4v) is 3.04. The van der Waals surface area contributed by atoms with Gasteiger partial charge in [0, 0.05) is 42.8 Å². The number of nitrogens with one attached hydrogen (secondary N) is 1. The number of aryl methyl sites for hydroxylation is 1. The Bertz CT molecular complexity index is 1040. The summed E-state index contributed by atoms with van der Waals surface area (Å²) in [7, 11) is 0. The van der Waals surface area contributed by atoms with Gasteiger partial charge in [-0.3, -0.25) is 0 Å². The van der Waals surface area contributed by atoms with Crippen molar-refractivity contribution in [1.82, 2.24) is 20.2 Å². The summed E-state index contributed by atoms with van der Waals surface area (Å²) in [6.07, 6.45) is 0.398. The summed E-state index contributed by atoms with van der Waals surface area (Å²) >= 11 is 0. The zero-order chi connectivity index (χ0) is 20.0. The van der Waals surface area contributed by atoms with E-state index in [9.17, 15) is 18.0 Å². The third-order valence-corrected chi connectivity index (χ3v) is 4.45. The molecule has 1 aliphatic heterocycles. The second-order valence-corrected chi connectivity index (χ2v) is 6.44. The Hall–Kier alpha value is -3.37. The summed E-state index contributed by atoms with van der Waals surface area (Å²) < 4.78 is 50.1. The molecule has 3 aromatic rings. The molecule has 1 aliphatic rings. The predicted octanol–water partition coefficient (Wildman–Crippen LogP) is 3.43. The molecule has 11 heteroatoms. The first-order chi connectivity index (χ1) is 13.3. The minimum absolute atomic E-state index is 0.112.